The highest BCUT2D eigenvalue weighted by molar-refractivity contribution is 6.00. The van der Waals surface area contributed by atoms with Gasteiger partial charge in [0.2, 0.25) is 5.91 Å². The number of nitrogens with one attached hydrogen (secondary N) is 2. The number of carbonyl (C=O) groups is 1. The Bertz CT molecular complexity index is 1400. The van der Waals surface area contributed by atoms with Crippen molar-refractivity contribution in [1.82, 2.24) is 19.9 Å². The van der Waals surface area contributed by atoms with Crippen molar-refractivity contribution < 1.29 is 9.18 Å². The number of likely N-dealkylation sites (N-methyl/N-ethyl adjacent to an activating group) is 1. The molecule has 0 saturated heterocycles. The zero-order valence-electron chi connectivity index (χ0n) is 18.1. The van der Waals surface area contributed by atoms with Crippen LogP contribution in [0.25, 0.3) is 33.3 Å². The van der Waals surface area contributed by atoms with Gasteiger partial charge in [0, 0.05) is 47.7 Å². The first-order valence-electron chi connectivity index (χ1n) is 10.2. The van der Waals surface area contributed by atoms with Crippen molar-refractivity contribution in [2.45, 2.75) is 0 Å². The standard InChI is InChI=1S/C25H21FN6O/c1-32(2)9-3-4-24(33)31-23-12-16(5-6-22(23)26)18-11-20-21(15-30-25(20)29-14-18)17-7-8-28-19(10-17)13-27/h3-8,10-12,14-15H,9H2,1-2H3,(H,29,30)(H,31,33)/b4-3+. The van der Waals surface area contributed by atoms with Gasteiger partial charge in [0.15, 0.2) is 0 Å². The summed E-state index contributed by atoms with van der Waals surface area (Å²) in [4.78, 5) is 25.7. The van der Waals surface area contributed by atoms with Gasteiger partial charge >= 0.3 is 0 Å². The second kappa shape index (κ2) is 9.42. The van der Waals surface area contributed by atoms with E-state index < -0.39 is 11.7 Å². The monoisotopic (exact) mass is 440 g/mol. The quantitative estimate of drug-likeness (QED) is 0.434. The number of pyridine rings is 2. The third kappa shape index (κ3) is 4.95. The summed E-state index contributed by atoms with van der Waals surface area (Å²) >= 11 is 0. The van der Waals surface area contributed by atoms with E-state index in [0.717, 1.165) is 22.1 Å². The lowest BCUT2D eigenvalue weighted by Crippen LogP contribution is -2.13. The molecule has 0 atom stereocenters. The normalized spacial score (nSPS) is 11.2. The zero-order chi connectivity index (χ0) is 23.4. The Labute approximate surface area is 190 Å². The Morgan fingerprint density at radius 3 is 2.82 bits per heavy atom. The van der Waals surface area contributed by atoms with Crippen molar-refractivity contribution >= 4 is 22.6 Å². The van der Waals surface area contributed by atoms with Crippen LogP contribution in [0.1, 0.15) is 5.69 Å². The lowest BCUT2D eigenvalue weighted by atomic mass is 10.0. The van der Waals surface area contributed by atoms with Gasteiger partial charge in [0.25, 0.3) is 0 Å². The Hall–Kier alpha value is -4.35. The summed E-state index contributed by atoms with van der Waals surface area (Å²) in [5, 5.41) is 12.6. The van der Waals surface area contributed by atoms with Crippen LogP contribution in [0, 0.1) is 17.1 Å². The molecule has 7 nitrogen and oxygen atoms in total. The molecule has 1 amide bonds. The minimum Gasteiger partial charge on any atom is -0.346 e. The van der Waals surface area contributed by atoms with Crippen molar-refractivity contribution in [3.8, 4) is 28.3 Å². The summed E-state index contributed by atoms with van der Waals surface area (Å²) < 4.78 is 14.4. The third-order valence-electron chi connectivity index (χ3n) is 5.01. The SMILES string of the molecule is CN(C)C/C=C/C(=O)Nc1cc(-c2cnc3[nH]cc(-c4ccnc(C#N)c4)c3c2)ccc1F. The van der Waals surface area contributed by atoms with E-state index in [-0.39, 0.29) is 5.69 Å². The van der Waals surface area contributed by atoms with Gasteiger partial charge < -0.3 is 15.2 Å². The molecule has 0 unspecified atom stereocenters. The van der Waals surface area contributed by atoms with Crippen LogP contribution in [0.2, 0.25) is 0 Å². The van der Waals surface area contributed by atoms with Gasteiger partial charge in [-0.25, -0.2) is 14.4 Å². The average molecular weight is 440 g/mol. The van der Waals surface area contributed by atoms with Crippen LogP contribution in [-0.4, -0.2) is 46.4 Å². The van der Waals surface area contributed by atoms with E-state index in [4.69, 9.17) is 5.26 Å². The lowest BCUT2D eigenvalue weighted by molar-refractivity contribution is -0.111. The number of fused-ring (bicyclic) bond motifs is 1. The molecule has 0 bridgehead atoms. The molecular formula is C25H21FN6O. The average Bonchev–Trinajstić information content (AvgIpc) is 3.23. The van der Waals surface area contributed by atoms with E-state index >= 15 is 0 Å². The fraction of sp³-hybridized carbons (Fsp3) is 0.120. The predicted octanol–water partition coefficient (Wildman–Crippen LogP) is 4.36. The molecule has 4 rings (SSSR count). The van der Waals surface area contributed by atoms with Crippen molar-refractivity contribution in [3.63, 3.8) is 0 Å². The Kier molecular flexibility index (Phi) is 6.24. The molecule has 0 aliphatic carbocycles. The molecule has 0 saturated carbocycles. The molecule has 0 aliphatic rings. The fourth-order valence-electron chi connectivity index (χ4n) is 3.40. The largest absolute Gasteiger partial charge is 0.346 e. The number of halogens is 1. The molecule has 3 heterocycles. The first kappa shape index (κ1) is 21.9. The summed E-state index contributed by atoms with van der Waals surface area (Å²) in [5.74, 6) is -0.925. The van der Waals surface area contributed by atoms with Crippen LogP contribution in [0.4, 0.5) is 10.1 Å². The number of aromatic nitrogens is 3. The molecule has 4 aromatic rings. The van der Waals surface area contributed by atoms with Crippen LogP contribution < -0.4 is 5.32 Å². The highest BCUT2D eigenvalue weighted by Crippen LogP contribution is 2.32. The number of hydrogen-bond donors (Lipinski definition) is 2. The van der Waals surface area contributed by atoms with E-state index in [1.165, 1.54) is 12.1 Å². The third-order valence-corrected chi connectivity index (χ3v) is 5.01. The minimum absolute atomic E-state index is 0.0918. The lowest BCUT2D eigenvalue weighted by Gasteiger charge is -2.09. The Balaban J connectivity index is 1.66. The highest BCUT2D eigenvalue weighted by Gasteiger charge is 2.12. The Morgan fingerprint density at radius 2 is 2.03 bits per heavy atom. The number of rotatable bonds is 6. The predicted molar refractivity (Wildman–Crippen MR) is 126 cm³/mol. The number of aromatic amines is 1. The van der Waals surface area contributed by atoms with Gasteiger partial charge in [0.1, 0.15) is 23.2 Å². The van der Waals surface area contributed by atoms with Gasteiger partial charge in [-0.15, -0.1) is 0 Å². The maximum atomic E-state index is 14.4. The first-order chi connectivity index (χ1) is 15.9. The number of H-pyrrole nitrogens is 1. The van der Waals surface area contributed by atoms with Crippen molar-refractivity contribution in [2.24, 2.45) is 0 Å². The number of hydrogen-bond acceptors (Lipinski definition) is 5. The summed E-state index contributed by atoms with van der Waals surface area (Å²) in [7, 11) is 3.78. The summed E-state index contributed by atoms with van der Waals surface area (Å²) in [6.45, 7) is 0.605. The maximum absolute atomic E-state index is 14.4. The summed E-state index contributed by atoms with van der Waals surface area (Å²) in [5.41, 5.74) is 4.28. The smallest absolute Gasteiger partial charge is 0.248 e. The molecule has 0 fully saturated rings. The Morgan fingerprint density at radius 1 is 1.18 bits per heavy atom. The van der Waals surface area contributed by atoms with Crippen molar-refractivity contribution in [1.29, 1.82) is 5.26 Å². The number of carbonyl (C=O) groups excluding carboxylic acids is 1. The second-order valence-electron chi connectivity index (χ2n) is 7.71. The van der Waals surface area contributed by atoms with Gasteiger partial charge in [-0.3, -0.25) is 4.79 Å². The molecular weight excluding hydrogens is 419 g/mol. The van der Waals surface area contributed by atoms with Crippen LogP contribution in [-0.2, 0) is 4.79 Å². The minimum atomic E-state index is -0.523. The maximum Gasteiger partial charge on any atom is 0.248 e. The number of nitrogens with zero attached hydrogens (tertiary/aromatic N) is 4. The van der Waals surface area contributed by atoms with E-state index in [0.29, 0.717) is 23.4 Å². The molecule has 0 radical (unpaired) electrons. The molecule has 1 aromatic carbocycles. The fourth-order valence-corrected chi connectivity index (χ4v) is 3.40. The van der Waals surface area contributed by atoms with E-state index in [2.05, 4.69) is 20.3 Å². The molecule has 2 N–H and O–H groups in total. The van der Waals surface area contributed by atoms with E-state index in [1.807, 2.05) is 43.4 Å². The van der Waals surface area contributed by atoms with Gasteiger partial charge in [0.05, 0.1) is 5.69 Å². The van der Waals surface area contributed by atoms with Crippen LogP contribution in [0.3, 0.4) is 0 Å². The van der Waals surface area contributed by atoms with Crippen LogP contribution >= 0.6 is 0 Å². The van der Waals surface area contributed by atoms with Gasteiger partial charge in [-0.05, 0) is 55.6 Å². The van der Waals surface area contributed by atoms with Crippen LogP contribution in [0.5, 0.6) is 0 Å². The molecule has 0 aliphatic heterocycles. The second-order valence-corrected chi connectivity index (χ2v) is 7.71. The van der Waals surface area contributed by atoms with Crippen LogP contribution in [0.15, 0.2) is 67.1 Å². The van der Waals surface area contributed by atoms with E-state index in [9.17, 15) is 9.18 Å². The molecule has 164 valence electrons. The number of nitriles is 1. The zero-order valence-corrected chi connectivity index (χ0v) is 18.1. The number of anilines is 1. The summed E-state index contributed by atoms with van der Waals surface area (Å²) in [6.07, 6.45) is 8.20. The molecule has 3 aromatic heterocycles. The number of amides is 1. The number of benzene rings is 1. The first-order valence-corrected chi connectivity index (χ1v) is 10.2. The van der Waals surface area contributed by atoms with Gasteiger partial charge in [-0.2, -0.15) is 5.26 Å². The molecule has 33 heavy (non-hydrogen) atoms. The molecule has 0 spiro atoms. The highest BCUT2D eigenvalue weighted by atomic mass is 19.1. The molecule has 8 heteroatoms. The van der Waals surface area contributed by atoms with Crippen molar-refractivity contribution in [3.05, 3.63) is 78.7 Å². The van der Waals surface area contributed by atoms with E-state index in [1.54, 1.807) is 36.7 Å². The van der Waals surface area contributed by atoms with Gasteiger partial charge in [-0.1, -0.05) is 12.1 Å². The summed E-state index contributed by atoms with van der Waals surface area (Å²) in [6, 6.07) is 12.1. The van der Waals surface area contributed by atoms with Crippen molar-refractivity contribution in [2.75, 3.05) is 26.0 Å². The topological polar surface area (TPSA) is 97.7 Å².